The standard InChI is InChI=1S/C12H20N4O4/c1-4-5-6-15(2)10(17)7-16-9(8-20-3)11(12(18)19)13-14-16/h4-8H2,1-3H3,(H,18,19). The number of methoxy groups -OCH3 is 1. The van der Waals surface area contributed by atoms with Crippen molar-refractivity contribution in [3.63, 3.8) is 0 Å². The second-order valence-corrected chi connectivity index (χ2v) is 4.45. The summed E-state index contributed by atoms with van der Waals surface area (Å²) < 4.78 is 6.21. The average Bonchev–Trinajstić information content (AvgIpc) is 2.79. The van der Waals surface area contributed by atoms with Crippen LogP contribution >= 0.6 is 0 Å². The molecule has 0 fully saturated rings. The molecule has 20 heavy (non-hydrogen) atoms. The van der Waals surface area contributed by atoms with Gasteiger partial charge in [0.1, 0.15) is 6.54 Å². The first kappa shape index (κ1) is 16.1. The molecule has 1 rings (SSSR count). The maximum absolute atomic E-state index is 12.0. The number of nitrogens with zero attached hydrogens (tertiary/aromatic N) is 4. The molecule has 0 aromatic carbocycles. The van der Waals surface area contributed by atoms with E-state index in [-0.39, 0.29) is 30.4 Å². The maximum atomic E-state index is 12.0. The van der Waals surface area contributed by atoms with Gasteiger partial charge in [-0.05, 0) is 6.42 Å². The van der Waals surface area contributed by atoms with Crippen LogP contribution in [0.1, 0.15) is 35.9 Å². The van der Waals surface area contributed by atoms with Crippen LogP contribution in [-0.4, -0.2) is 57.6 Å². The van der Waals surface area contributed by atoms with Gasteiger partial charge in [-0.15, -0.1) is 5.10 Å². The number of amides is 1. The molecule has 112 valence electrons. The Labute approximate surface area is 117 Å². The molecule has 0 aliphatic rings. The molecule has 0 unspecified atom stereocenters. The minimum Gasteiger partial charge on any atom is -0.476 e. The van der Waals surface area contributed by atoms with E-state index in [9.17, 15) is 9.59 Å². The highest BCUT2D eigenvalue weighted by Gasteiger charge is 2.21. The summed E-state index contributed by atoms with van der Waals surface area (Å²) in [5.41, 5.74) is 0.105. The van der Waals surface area contributed by atoms with Crippen molar-refractivity contribution in [2.75, 3.05) is 20.7 Å². The third-order valence-electron chi connectivity index (χ3n) is 2.88. The normalized spacial score (nSPS) is 10.6. The lowest BCUT2D eigenvalue weighted by Gasteiger charge is -2.17. The number of ether oxygens (including phenoxy) is 1. The molecule has 0 radical (unpaired) electrons. The van der Waals surface area contributed by atoms with Gasteiger partial charge in [-0.1, -0.05) is 18.6 Å². The van der Waals surface area contributed by atoms with Gasteiger partial charge in [0.25, 0.3) is 0 Å². The van der Waals surface area contributed by atoms with E-state index >= 15 is 0 Å². The van der Waals surface area contributed by atoms with Crippen LogP contribution in [0.15, 0.2) is 0 Å². The van der Waals surface area contributed by atoms with Gasteiger partial charge in [-0.3, -0.25) is 4.79 Å². The van der Waals surface area contributed by atoms with Crippen LogP contribution in [0.3, 0.4) is 0 Å². The van der Waals surface area contributed by atoms with Gasteiger partial charge in [0.2, 0.25) is 5.91 Å². The molecular weight excluding hydrogens is 264 g/mol. The highest BCUT2D eigenvalue weighted by molar-refractivity contribution is 5.86. The van der Waals surface area contributed by atoms with Crippen LogP contribution < -0.4 is 0 Å². The zero-order valence-electron chi connectivity index (χ0n) is 12.0. The third-order valence-corrected chi connectivity index (χ3v) is 2.88. The fourth-order valence-corrected chi connectivity index (χ4v) is 1.67. The van der Waals surface area contributed by atoms with Crippen LogP contribution in [0.4, 0.5) is 0 Å². The minimum absolute atomic E-state index is 0.0422. The van der Waals surface area contributed by atoms with Crippen molar-refractivity contribution < 1.29 is 19.4 Å². The van der Waals surface area contributed by atoms with Crippen molar-refractivity contribution in [3.05, 3.63) is 11.4 Å². The number of carbonyl (C=O) groups excluding carboxylic acids is 1. The topological polar surface area (TPSA) is 97.6 Å². The smallest absolute Gasteiger partial charge is 0.358 e. The number of carbonyl (C=O) groups is 2. The highest BCUT2D eigenvalue weighted by Crippen LogP contribution is 2.08. The highest BCUT2D eigenvalue weighted by atomic mass is 16.5. The Morgan fingerprint density at radius 2 is 2.15 bits per heavy atom. The molecular formula is C12H20N4O4. The summed E-state index contributed by atoms with van der Waals surface area (Å²) in [4.78, 5) is 24.6. The molecule has 1 heterocycles. The molecule has 0 aliphatic heterocycles. The summed E-state index contributed by atoms with van der Waals surface area (Å²) in [5, 5.41) is 16.3. The molecule has 1 aromatic heterocycles. The lowest BCUT2D eigenvalue weighted by molar-refractivity contribution is -0.130. The Balaban J connectivity index is 2.81. The zero-order valence-corrected chi connectivity index (χ0v) is 12.0. The second-order valence-electron chi connectivity index (χ2n) is 4.45. The number of carboxylic acids is 1. The van der Waals surface area contributed by atoms with E-state index in [1.54, 1.807) is 11.9 Å². The monoisotopic (exact) mass is 284 g/mol. The molecule has 8 heteroatoms. The van der Waals surface area contributed by atoms with E-state index in [1.807, 2.05) is 6.92 Å². The fourth-order valence-electron chi connectivity index (χ4n) is 1.67. The van der Waals surface area contributed by atoms with E-state index in [4.69, 9.17) is 9.84 Å². The first-order valence-corrected chi connectivity index (χ1v) is 6.39. The van der Waals surface area contributed by atoms with Crippen molar-refractivity contribution in [1.29, 1.82) is 0 Å². The van der Waals surface area contributed by atoms with Crippen molar-refractivity contribution in [2.45, 2.75) is 32.9 Å². The van der Waals surface area contributed by atoms with E-state index < -0.39 is 5.97 Å². The van der Waals surface area contributed by atoms with Gasteiger partial charge in [0, 0.05) is 20.7 Å². The lowest BCUT2D eigenvalue weighted by atomic mass is 10.3. The van der Waals surface area contributed by atoms with Crippen molar-refractivity contribution in [1.82, 2.24) is 19.9 Å². The maximum Gasteiger partial charge on any atom is 0.358 e. The van der Waals surface area contributed by atoms with Gasteiger partial charge in [0.15, 0.2) is 5.69 Å². The van der Waals surface area contributed by atoms with Crippen LogP contribution in [0.25, 0.3) is 0 Å². The summed E-state index contributed by atoms with van der Waals surface area (Å²) in [6, 6.07) is 0. The number of likely N-dealkylation sites (N-methyl/N-ethyl adjacent to an activating group) is 1. The number of rotatable bonds is 8. The summed E-state index contributed by atoms with van der Waals surface area (Å²) in [6.07, 6.45) is 1.92. The van der Waals surface area contributed by atoms with Crippen molar-refractivity contribution in [2.24, 2.45) is 0 Å². The Bertz CT molecular complexity index is 472. The van der Waals surface area contributed by atoms with E-state index in [0.29, 0.717) is 6.54 Å². The molecule has 1 amide bonds. The number of hydrogen-bond acceptors (Lipinski definition) is 5. The number of carboxylic acid groups (broad SMARTS) is 1. The first-order chi connectivity index (χ1) is 9.51. The molecule has 8 nitrogen and oxygen atoms in total. The summed E-state index contributed by atoms with van der Waals surface area (Å²) in [7, 11) is 3.15. The number of aromatic carboxylic acids is 1. The van der Waals surface area contributed by atoms with Crippen molar-refractivity contribution in [3.8, 4) is 0 Å². The molecule has 0 saturated carbocycles. The zero-order chi connectivity index (χ0) is 15.1. The van der Waals surface area contributed by atoms with E-state index in [2.05, 4.69) is 10.3 Å². The average molecular weight is 284 g/mol. The molecule has 1 N–H and O–H groups in total. The lowest BCUT2D eigenvalue weighted by Crippen LogP contribution is -2.32. The summed E-state index contributed by atoms with van der Waals surface area (Å²) >= 11 is 0. The second kappa shape index (κ2) is 7.59. The summed E-state index contributed by atoms with van der Waals surface area (Å²) in [6.45, 7) is 2.71. The van der Waals surface area contributed by atoms with Gasteiger partial charge in [0.05, 0.1) is 12.3 Å². The molecule has 0 aliphatic carbocycles. The van der Waals surface area contributed by atoms with E-state index in [1.165, 1.54) is 11.8 Å². The Morgan fingerprint density at radius 1 is 1.45 bits per heavy atom. The SMILES string of the molecule is CCCCN(C)C(=O)Cn1nnc(C(=O)O)c1COC. The Hall–Kier alpha value is -1.96. The first-order valence-electron chi connectivity index (χ1n) is 6.39. The molecule has 1 aromatic rings. The van der Waals surface area contributed by atoms with Gasteiger partial charge < -0.3 is 14.7 Å². The minimum atomic E-state index is -1.19. The summed E-state index contributed by atoms with van der Waals surface area (Å²) in [5.74, 6) is -1.33. The fraction of sp³-hybridized carbons (Fsp3) is 0.667. The molecule has 0 saturated heterocycles. The molecule has 0 bridgehead atoms. The van der Waals surface area contributed by atoms with Gasteiger partial charge in [-0.2, -0.15) is 0 Å². The van der Waals surface area contributed by atoms with Crippen molar-refractivity contribution >= 4 is 11.9 Å². The van der Waals surface area contributed by atoms with Crippen LogP contribution in [0.2, 0.25) is 0 Å². The number of hydrogen-bond donors (Lipinski definition) is 1. The van der Waals surface area contributed by atoms with Crippen LogP contribution in [0.5, 0.6) is 0 Å². The molecule has 0 spiro atoms. The quantitative estimate of drug-likeness (QED) is 0.741. The Kier molecular flexibility index (Phi) is 6.10. The molecule has 0 atom stereocenters. The predicted molar refractivity (Wildman–Crippen MR) is 70.2 cm³/mol. The van der Waals surface area contributed by atoms with Crippen LogP contribution in [-0.2, 0) is 22.7 Å². The number of unbranched alkanes of at least 4 members (excludes halogenated alkanes) is 1. The predicted octanol–water partition coefficient (Wildman–Crippen LogP) is 0.381. The number of aromatic nitrogens is 3. The van der Waals surface area contributed by atoms with Crippen LogP contribution in [0, 0.1) is 0 Å². The van der Waals surface area contributed by atoms with E-state index in [0.717, 1.165) is 12.8 Å². The third kappa shape index (κ3) is 4.02. The van der Waals surface area contributed by atoms with Gasteiger partial charge in [-0.25, -0.2) is 9.48 Å². The largest absolute Gasteiger partial charge is 0.476 e. The van der Waals surface area contributed by atoms with Gasteiger partial charge >= 0.3 is 5.97 Å². The Morgan fingerprint density at radius 3 is 2.70 bits per heavy atom.